The summed E-state index contributed by atoms with van der Waals surface area (Å²) in [7, 11) is 0. The molecule has 1 unspecified atom stereocenters. The molecule has 1 saturated heterocycles. The molecule has 0 amide bonds. The second kappa shape index (κ2) is 6.12. The largest absolute Gasteiger partial charge is 0.385 e. The zero-order valence-electron chi connectivity index (χ0n) is 9.42. The number of aryl methyl sites for hydroxylation is 1. The van der Waals surface area contributed by atoms with E-state index in [9.17, 15) is 0 Å². The zero-order valence-corrected chi connectivity index (χ0v) is 10.2. The Morgan fingerprint density at radius 3 is 2.75 bits per heavy atom. The minimum Gasteiger partial charge on any atom is -0.385 e. The third-order valence-electron chi connectivity index (χ3n) is 2.96. The van der Waals surface area contributed by atoms with Crippen LogP contribution in [0.1, 0.15) is 12.0 Å². The molecule has 1 aromatic rings. The normalized spacial score (nSPS) is 19.9. The molecule has 1 aliphatic heterocycles. The van der Waals surface area contributed by atoms with Gasteiger partial charge in [0.2, 0.25) is 0 Å². The van der Waals surface area contributed by atoms with Crippen LogP contribution in [0.2, 0.25) is 0 Å². The highest BCUT2D eigenvalue weighted by molar-refractivity contribution is 6.17. The van der Waals surface area contributed by atoms with E-state index in [1.807, 2.05) is 0 Å². The van der Waals surface area contributed by atoms with Gasteiger partial charge in [0, 0.05) is 30.6 Å². The molecule has 1 N–H and O–H groups in total. The van der Waals surface area contributed by atoms with Crippen molar-refractivity contribution in [2.75, 3.05) is 31.0 Å². The molecular formula is C13H18ClNO. The summed E-state index contributed by atoms with van der Waals surface area (Å²) in [6.45, 7) is 2.83. The smallest absolute Gasteiger partial charge is 0.0511 e. The third kappa shape index (κ3) is 3.39. The number of hydrogen-bond acceptors (Lipinski definition) is 2. The van der Waals surface area contributed by atoms with Gasteiger partial charge in [-0.1, -0.05) is 12.1 Å². The van der Waals surface area contributed by atoms with Crippen molar-refractivity contribution in [2.45, 2.75) is 12.8 Å². The fraction of sp³-hybridized carbons (Fsp3) is 0.538. The molecule has 2 rings (SSSR count). The van der Waals surface area contributed by atoms with Crippen LogP contribution in [-0.2, 0) is 11.2 Å². The summed E-state index contributed by atoms with van der Waals surface area (Å²) >= 11 is 5.69. The standard InChI is InChI=1S/C13H18ClNO/c14-7-5-11-1-3-13(4-2-11)15-9-12-6-8-16-10-12/h1-4,12,15H,5-10H2. The summed E-state index contributed by atoms with van der Waals surface area (Å²) < 4.78 is 5.34. The summed E-state index contributed by atoms with van der Waals surface area (Å²) in [4.78, 5) is 0. The maximum Gasteiger partial charge on any atom is 0.0511 e. The summed E-state index contributed by atoms with van der Waals surface area (Å²) in [6, 6.07) is 8.51. The first-order valence-electron chi connectivity index (χ1n) is 5.85. The van der Waals surface area contributed by atoms with Gasteiger partial charge in [-0.2, -0.15) is 0 Å². The van der Waals surface area contributed by atoms with Crippen molar-refractivity contribution < 1.29 is 4.74 Å². The van der Waals surface area contributed by atoms with E-state index in [-0.39, 0.29) is 0 Å². The fourth-order valence-corrected chi connectivity index (χ4v) is 2.12. The molecule has 1 atom stereocenters. The minimum atomic E-state index is 0.669. The van der Waals surface area contributed by atoms with E-state index >= 15 is 0 Å². The molecule has 0 bridgehead atoms. The first kappa shape index (κ1) is 11.7. The van der Waals surface area contributed by atoms with Gasteiger partial charge in [-0.05, 0) is 30.5 Å². The monoisotopic (exact) mass is 239 g/mol. The highest BCUT2D eigenvalue weighted by Crippen LogP contribution is 2.15. The van der Waals surface area contributed by atoms with Gasteiger partial charge in [0.25, 0.3) is 0 Å². The summed E-state index contributed by atoms with van der Waals surface area (Å²) in [5.74, 6) is 1.36. The highest BCUT2D eigenvalue weighted by atomic mass is 35.5. The molecular weight excluding hydrogens is 222 g/mol. The van der Waals surface area contributed by atoms with Crippen molar-refractivity contribution in [3.63, 3.8) is 0 Å². The molecule has 1 heterocycles. The van der Waals surface area contributed by atoms with Crippen LogP contribution >= 0.6 is 11.6 Å². The van der Waals surface area contributed by atoms with Gasteiger partial charge in [-0.3, -0.25) is 0 Å². The lowest BCUT2D eigenvalue weighted by atomic mass is 10.1. The summed E-state index contributed by atoms with van der Waals surface area (Å²) in [6.07, 6.45) is 2.12. The van der Waals surface area contributed by atoms with E-state index in [0.29, 0.717) is 11.8 Å². The van der Waals surface area contributed by atoms with E-state index in [1.54, 1.807) is 0 Å². The van der Waals surface area contributed by atoms with Gasteiger partial charge in [0.05, 0.1) is 6.61 Å². The molecule has 0 radical (unpaired) electrons. The Labute approximate surface area is 102 Å². The zero-order chi connectivity index (χ0) is 11.2. The van der Waals surface area contributed by atoms with Crippen molar-refractivity contribution in [3.05, 3.63) is 29.8 Å². The average Bonchev–Trinajstić information content (AvgIpc) is 2.82. The topological polar surface area (TPSA) is 21.3 Å². The minimum absolute atomic E-state index is 0.669. The van der Waals surface area contributed by atoms with Crippen LogP contribution in [0, 0.1) is 5.92 Å². The lowest BCUT2D eigenvalue weighted by molar-refractivity contribution is 0.187. The Bertz CT molecular complexity index is 306. The fourth-order valence-electron chi connectivity index (χ4n) is 1.90. The molecule has 3 heteroatoms. The molecule has 0 spiro atoms. The molecule has 16 heavy (non-hydrogen) atoms. The molecule has 0 aromatic heterocycles. The number of hydrogen-bond donors (Lipinski definition) is 1. The van der Waals surface area contributed by atoms with E-state index < -0.39 is 0 Å². The van der Waals surface area contributed by atoms with Crippen molar-refractivity contribution in [3.8, 4) is 0 Å². The molecule has 1 aromatic carbocycles. The predicted octanol–water partition coefficient (Wildman–Crippen LogP) is 2.92. The maximum atomic E-state index is 5.69. The molecule has 1 fully saturated rings. The number of alkyl halides is 1. The molecule has 2 nitrogen and oxygen atoms in total. The lowest BCUT2D eigenvalue weighted by Crippen LogP contribution is -2.13. The van der Waals surface area contributed by atoms with Gasteiger partial charge in [0.15, 0.2) is 0 Å². The van der Waals surface area contributed by atoms with Gasteiger partial charge in [-0.15, -0.1) is 11.6 Å². The Kier molecular flexibility index (Phi) is 4.49. The number of ether oxygens (including phenoxy) is 1. The average molecular weight is 240 g/mol. The van der Waals surface area contributed by atoms with Crippen LogP contribution in [0.5, 0.6) is 0 Å². The first-order chi connectivity index (χ1) is 7.88. The Morgan fingerprint density at radius 1 is 1.31 bits per heavy atom. The van der Waals surface area contributed by atoms with E-state index in [0.717, 1.165) is 26.2 Å². The number of anilines is 1. The molecule has 0 saturated carbocycles. The quantitative estimate of drug-likeness (QED) is 0.798. The van der Waals surface area contributed by atoms with Gasteiger partial charge in [-0.25, -0.2) is 0 Å². The van der Waals surface area contributed by atoms with Gasteiger partial charge in [0.1, 0.15) is 0 Å². The van der Waals surface area contributed by atoms with Crippen LogP contribution in [0.4, 0.5) is 5.69 Å². The molecule has 88 valence electrons. The number of nitrogens with one attached hydrogen (secondary N) is 1. The van der Waals surface area contributed by atoms with Crippen LogP contribution in [0.25, 0.3) is 0 Å². The first-order valence-corrected chi connectivity index (χ1v) is 6.38. The number of halogens is 1. The lowest BCUT2D eigenvalue weighted by Gasteiger charge is -2.11. The Hall–Kier alpha value is -0.730. The van der Waals surface area contributed by atoms with Crippen molar-refractivity contribution in [1.82, 2.24) is 0 Å². The van der Waals surface area contributed by atoms with E-state index in [4.69, 9.17) is 16.3 Å². The van der Waals surface area contributed by atoms with E-state index in [1.165, 1.54) is 17.7 Å². The van der Waals surface area contributed by atoms with E-state index in [2.05, 4.69) is 29.6 Å². The highest BCUT2D eigenvalue weighted by Gasteiger charge is 2.14. The van der Waals surface area contributed by atoms with Crippen LogP contribution in [0.3, 0.4) is 0 Å². The van der Waals surface area contributed by atoms with Crippen LogP contribution in [-0.4, -0.2) is 25.6 Å². The second-order valence-electron chi connectivity index (χ2n) is 4.25. The van der Waals surface area contributed by atoms with Gasteiger partial charge < -0.3 is 10.1 Å². The molecule has 1 aliphatic rings. The predicted molar refractivity (Wildman–Crippen MR) is 68.3 cm³/mol. The molecule has 0 aliphatic carbocycles. The Balaban J connectivity index is 1.80. The van der Waals surface area contributed by atoms with Crippen molar-refractivity contribution in [2.24, 2.45) is 5.92 Å². The Morgan fingerprint density at radius 2 is 2.12 bits per heavy atom. The summed E-state index contributed by atoms with van der Waals surface area (Å²) in [5.41, 5.74) is 2.48. The number of benzene rings is 1. The van der Waals surface area contributed by atoms with Crippen LogP contribution in [0.15, 0.2) is 24.3 Å². The van der Waals surface area contributed by atoms with Crippen molar-refractivity contribution in [1.29, 1.82) is 0 Å². The second-order valence-corrected chi connectivity index (χ2v) is 4.62. The van der Waals surface area contributed by atoms with Crippen molar-refractivity contribution >= 4 is 17.3 Å². The maximum absolute atomic E-state index is 5.69. The number of rotatable bonds is 5. The van der Waals surface area contributed by atoms with Gasteiger partial charge >= 0.3 is 0 Å². The summed E-state index contributed by atoms with van der Waals surface area (Å²) in [5, 5.41) is 3.44. The van der Waals surface area contributed by atoms with Crippen LogP contribution < -0.4 is 5.32 Å². The third-order valence-corrected chi connectivity index (χ3v) is 3.14. The SMILES string of the molecule is ClCCc1ccc(NCC2CCOC2)cc1.